The lowest BCUT2D eigenvalue weighted by Crippen LogP contribution is -2.41. The molecule has 0 amide bonds. The molecule has 1 saturated heterocycles. The van der Waals surface area contributed by atoms with Gasteiger partial charge in [-0.3, -0.25) is 0 Å². The molecule has 31 heavy (non-hydrogen) atoms. The van der Waals surface area contributed by atoms with Crippen molar-refractivity contribution in [3.63, 3.8) is 0 Å². The molecule has 0 N–H and O–H groups in total. The summed E-state index contributed by atoms with van der Waals surface area (Å²) in [7, 11) is -0.488. The van der Waals surface area contributed by atoms with E-state index >= 15 is 0 Å². The van der Waals surface area contributed by atoms with E-state index in [1.807, 2.05) is 77.1 Å². The Labute approximate surface area is 181 Å². The fourth-order valence-corrected chi connectivity index (χ4v) is 3.80. The molecule has 4 rings (SSSR count). The quantitative estimate of drug-likeness (QED) is 0.452. The highest BCUT2D eigenvalue weighted by Gasteiger charge is 2.51. The number of aryl methyl sites for hydroxylation is 1. The summed E-state index contributed by atoms with van der Waals surface area (Å²) in [4.78, 5) is 0. The molecule has 2 nitrogen and oxygen atoms in total. The van der Waals surface area contributed by atoms with Crippen LogP contribution in [-0.4, -0.2) is 18.3 Å². The molecule has 1 fully saturated rings. The Bertz CT molecular complexity index is 1120. The van der Waals surface area contributed by atoms with Crippen LogP contribution in [0, 0.1) is 0 Å². The number of benzene rings is 3. The second kappa shape index (κ2) is 7.39. The number of hydrogen-bond acceptors (Lipinski definition) is 2. The van der Waals surface area contributed by atoms with Crippen molar-refractivity contribution in [2.24, 2.45) is 0 Å². The first-order valence-corrected chi connectivity index (χ1v) is 10.5. The third-order valence-corrected chi connectivity index (χ3v) is 6.45. The van der Waals surface area contributed by atoms with Gasteiger partial charge in [-0.25, -0.2) is 0 Å². The van der Waals surface area contributed by atoms with Crippen LogP contribution in [0.15, 0.2) is 54.6 Å². The largest absolute Gasteiger partial charge is 0.494 e. The normalized spacial score (nSPS) is 18.0. The minimum atomic E-state index is -4.37. The zero-order valence-corrected chi connectivity index (χ0v) is 18.4. The molecule has 0 unspecified atom stereocenters. The summed E-state index contributed by atoms with van der Waals surface area (Å²) in [5, 5.41) is 1.94. The van der Waals surface area contributed by atoms with Gasteiger partial charge >= 0.3 is 13.3 Å². The fourth-order valence-electron chi connectivity index (χ4n) is 3.80. The van der Waals surface area contributed by atoms with Crippen LogP contribution in [0.3, 0.4) is 0 Å². The van der Waals surface area contributed by atoms with E-state index in [4.69, 9.17) is 9.31 Å². The highest BCUT2D eigenvalue weighted by molar-refractivity contribution is 6.62. The topological polar surface area (TPSA) is 18.5 Å². The van der Waals surface area contributed by atoms with E-state index in [-0.39, 0.29) is 0 Å². The van der Waals surface area contributed by atoms with Crippen LogP contribution in [0.4, 0.5) is 13.2 Å². The Morgan fingerprint density at radius 2 is 1.42 bits per heavy atom. The van der Waals surface area contributed by atoms with Crippen LogP contribution in [0.2, 0.25) is 0 Å². The zero-order chi connectivity index (χ0) is 22.6. The third-order valence-electron chi connectivity index (χ3n) is 6.45. The summed E-state index contributed by atoms with van der Waals surface area (Å²) >= 11 is 0. The standard InChI is InChI=1S/C25H26BF3O2/c1-6-16-11-19(14-21(12-16)25(27,28)29)18-8-7-17-9-10-22(15-20(17)13-18)26-30-23(2,3)24(4,5)31-26/h7-15H,6H2,1-5H3. The summed E-state index contributed by atoms with van der Waals surface area (Å²) in [6.07, 6.45) is -3.84. The average Bonchev–Trinajstić information content (AvgIpc) is 2.93. The van der Waals surface area contributed by atoms with E-state index in [0.29, 0.717) is 17.5 Å². The van der Waals surface area contributed by atoms with Gasteiger partial charge in [0.2, 0.25) is 0 Å². The Hall–Kier alpha value is -2.31. The van der Waals surface area contributed by atoms with Gasteiger partial charge in [0.05, 0.1) is 16.8 Å². The van der Waals surface area contributed by atoms with Gasteiger partial charge < -0.3 is 9.31 Å². The molecule has 3 aromatic rings. The van der Waals surface area contributed by atoms with Crippen molar-refractivity contribution < 1.29 is 22.5 Å². The molecule has 0 aliphatic carbocycles. The minimum absolute atomic E-state index is 0.441. The monoisotopic (exact) mass is 426 g/mol. The molecule has 1 aliphatic heterocycles. The van der Waals surface area contributed by atoms with Crippen LogP contribution in [-0.2, 0) is 21.9 Å². The molecule has 0 bridgehead atoms. The predicted octanol–water partition coefficient (Wildman–Crippen LogP) is 6.39. The van der Waals surface area contributed by atoms with Crippen molar-refractivity contribution in [3.05, 3.63) is 65.7 Å². The fraction of sp³-hybridized carbons (Fsp3) is 0.360. The van der Waals surface area contributed by atoms with E-state index in [0.717, 1.165) is 21.8 Å². The van der Waals surface area contributed by atoms with Gasteiger partial charge in [-0.2, -0.15) is 13.2 Å². The SMILES string of the molecule is CCc1cc(-c2ccc3ccc(B4OC(C)(C)C(C)(C)O4)cc3c2)cc(C(F)(F)F)c1. The highest BCUT2D eigenvalue weighted by Crippen LogP contribution is 2.37. The summed E-state index contributed by atoms with van der Waals surface area (Å²) in [5.74, 6) is 0. The number of fused-ring (bicyclic) bond motifs is 1. The summed E-state index contributed by atoms with van der Waals surface area (Å²) in [6, 6.07) is 16.0. The number of hydrogen-bond donors (Lipinski definition) is 0. The smallest absolute Gasteiger partial charge is 0.399 e. The van der Waals surface area contributed by atoms with Gasteiger partial charge in [-0.15, -0.1) is 0 Å². The van der Waals surface area contributed by atoms with Crippen molar-refractivity contribution in [2.75, 3.05) is 0 Å². The molecule has 0 radical (unpaired) electrons. The molecule has 3 aromatic carbocycles. The average molecular weight is 426 g/mol. The number of halogens is 3. The molecule has 6 heteroatoms. The highest BCUT2D eigenvalue weighted by atomic mass is 19.4. The lowest BCUT2D eigenvalue weighted by Gasteiger charge is -2.32. The van der Waals surface area contributed by atoms with Crippen LogP contribution >= 0.6 is 0 Å². The summed E-state index contributed by atoms with van der Waals surface area (Å²) < 4.78 is 52.4. The van der Waals surface area contributed by atoms with E-state index in [1.165, 1.54) is 12.1 Å². The first-order chi connectivity index (χ1) is 14.4. The van der Waals surface area contributed by atoms with Crippen molar-refractivity contribution in [3.8, 4) is 11.1 Å². The Kier molecular flexibility index (Phi) is 5.22. The second-order valence-corrected chi connectivity index (χ2v) is 9.18. The molecule has 1 aliphatic rings. The first kappa shape index (κ1) is 21.9. The Balaban J connectivity index is 1.75. The maximum absolute atomic E-state index is 13.4. The van der Waals surface area contributed by atoms with Crippen LogP contribution < -0.4 is 5.46 Å². The van der Waals surface area contributed by atoms with E-state index in [1.54, 1.807) is 0 Å². The molecule has 162 valence electrons. The minimum Gasteiger partial charge on any atom is -0.399 e. The molecular weight excluding hydrogens is 400 g/mol. The van der Waals surface area contributed by atoms with Gasteiger partial charge in [0, 0.05) is 0 Å². The number of rotatable bonds is 3. The van der Waals surface area contributed by atoms with E-state index < -0.39 is 30.1 Å². The van der Waals surface area contributed by atoms with Gasteiger partial charge in [-0.1, -0.05) is 43.3 Å². The Morgan fingerprint density at radius 3 is 2.03 bits per heavy atom. The Morgan fingerprint density at radius 1 is 0.774 bits per heavy atom. The maximum Gasteiger partial charge on any atom is 0.494 e. The number of alkyl halides is 3. The third kappa shape index (κ3) is 4.11. The lowest BCUT2D eigenvalue weighted by atomic mass is 9.78. The van der Waals surface area contributed by atoms with Crippen molar-refractivity contribution in [1.29, 1.82) is 0 Å². The van der Waals surface area contributed by atoms with Gasteiger partial charge in [-0.05, 0) is 85.2 Å². The predicted molar refractivity (Wildman–Crippen MR) is 119 cm³/mol. The second-order valence-electron chi connectivity index (χ2n) is 9.18. The summed E-state index contributed by atoms with van der Waals surface area (Å²) in [6.45, 7) is 9.88. The van der Waals surface area contributed by atoms with Gasteiger partial charge in [0.25, 0.3) is 0 Å². The lowest BCUT2D eigenvalue weighted by molar-refractivity contribution is -0.137. The van der Waals surface area contributed by atoms with Crippen molar-refractivity contribution >= 4 is 23.4 Å². The molecular formula is C25H26BF3O2. The van der Waals surface area contributed by atoms with Crippen LogP contribution in [0.1, 0.15) is 45.7 Å². The van der Waals surface area contributed by atoms with Crippen LogP contribution in [0.25, 0.3) is 21.9 Å². The molecule has 0 atom stereocenters. The summed E-state index contributed by atoms with van der Waals surface area (Å²) in [5.41, 5.74) is 1.37. The van der Waals surface area contributed by atoms with Crippen LogP contribution in [0.5, 0.6) is 0 Å². The first-order valence-electron chi connectivity index (χ1n) is 10.5. The van der Waals surface area contributed by atoms with Crippen molar-refractivity contribution in [2.45, 2.75) is 58.4 Å². The van der Waals surface area contributed by atoms with Gasteiger partial charge in [0.15, 0.2) is 0 Å². The molecule has 0 aromatic heterocycles. The van der Waals surface area contributed by atoms with E-state index in [2.05, 4.69) is 0 Å². The van der Waals surface area contributed by atoms with Gasteiger partial charge in [0.1, 0.15) is 0 Å². The maximum atomic E-state index is 13.4. The molecule has 0 spiro atoms. The molecule has 1 heterocycles. The van der Waals surface area contributed by atoms with E-state index in [9.17, 15) is 13.2 Å². The molecule has 0 saturated carbocycles. The zero-order valence-electron chi connectivity index (χ0n) is 18.4. The van der Waals surface area contributed by atoms with Crippen molar-refractivity contribution in [1.82, 2.24) is 0 Å².